The fourth-order valence-corrected chi connectivity index (χ4v) is 1.24. The van der Waals surface area contributed by atoms with E-state index in [2.05, 4.69) is 15.3 Å². The predicted molar refractivity (Wildman–Crippen MR) is 61.4 cm³/mol. The summed E-state index contributed by atoms with van der Waals surface area (Å²) < 4.78 is 0. The van der Waals surface area contributed by atoms with Crippen LogP contribution >= 0.6 is 0 Å². The molecule has 0 atom stereocenters. The average molecular weight is 221 g/mol. The number of carboxylic acids is 1. The second-order valence-electron chi connectivity index (χ2n) is 3.32. The van der Waals surface area contributed by atoms with E-state index in [0.717, 1.165) is 12.1 Å². The van der Waals surface area contributed by atoms with Gasteiger partial charge in [0.25, 0.3) is 0 Å². The minimum atomic E-state index is -1.05. The topological polar surface area (TPSA) is 75.1 Å². The number of rotatable bonds is 4. The van der Waals surface area contributed by atoms with E-state index in [1.54, 1.807) is 6.92 Å². The summed E-state index contributed by atoms with van der Waals surface area (Å²) in [5, 5.41) is 11.8. The van der Waals surface area contributed by atoms with Crippen LogP contribution in [0.2, 0.25) is 0 Å². The van der Waals surface area contributed by atoms with E-state index in [-0.39, 0.29) is 5.69 Å². The predicted octanol–water partition coefficient (Wildman–Crippen LogP) is 2.21. The highest BCUT2D eigenvalue weighted by atomic mass is 16.4. The van der Waals surface area contributed by atoms with Gasteiger partial charge in [-0.2, -0.15) is 0 Å². The van der Waals surface area contributed by atoms with E-state index in [1.165, 1.54) is 6.07 Å². The van der Waals surface area contributed by atoms with Gasteiger partial charge in [-0.15, -0.1) is 0 Å². The Morgan fingerprint density at radius 2 is 2.25 bits per heavy atom. The molecule has 0 aliphatic carbocycles. The highest BCUT2D eigenvalue weighted by molar-refractivity contribution is 5.85. The molecule has 1 aromatic heterocycles. The zero-order chi connectivity index (χ0) is 12.1. The van der Waals surface area contributed by atoms with Gasteiger partial charge in [0, 0.05) is 11.4 Å². The monoisotopic (exact) mass is 221 g/mol. The van der Waals surface area contributed by atoms with Crippen LogP contribution in [-0.4, -0.2) is 21.0 Å². The highest BCUT2D eigenvalue weighted by Gasteiger charge is 2.08. The van der Waals surface area contributed by atoms with E-state index in [0.29, 0.717) is 11.6 Å². The molecule has 16 heavy (non-hydrogen) atoms. The van der Waals surface area contributed by atoms with E-state index >= 15 is 0 Å². The number of hydrogen-bond donors (Lipinski definition) is 2. The second-order valence-corrected chi connectivity index (χ2v) is 3.32. The fourth-order valence-electron chi connectivity index (χ4n) is 1.24. The van der Waals surface area contributed by atoms with Crippen LogP contribution in [0.4, 0.5) is 5.95 Å². The Morgan fingerprint density at radius 3 is 2.75 bits per heavy atom. The maximum Gasteiger partial charge on any atom is 0.354 e. The summed E-state index contributed by atoms with van der Waals surface area (Å²) in [5.41, 5.74) is 1.59. The number of carbonyl (C=O) groups is 1. The molecule has 0 radical (unpaired) electrons. The maximum absolute atomic E-state index is 10.8. The number of nitrogens with one attached hydrogen (secondary N) is 1. The van der Waals surface area contributed by atoms with Crippen molar-refractivity contribution < 1.29 is 9.90 Å². The number of aryl methyl sites for hydroxylation is 1. The fraction of sp³-hybridized carbons (Fsp3) is 0.364. The molecule has 0 bridgehead atoms. The summed E-state index contributed by atoms with van der Waals surface area (Å²) in [6.45, 7) is 5.64. The van der Waals surface area contributed by atoms with Crippen molar-refractivity contribution >= 4 is 11.9 Å². The number of hydrogen-bond acceptors (Lipinski definition) is 4. The van der Waals surface area contributed by atoms with Gasteiger partial charge in [-0.05, 0) is 26.3 Å². The number of carboxylic acid groups (broad SMARTS) is 1. The van der Waals surface area contributed by atoms with Crippen molar-refractivity contribution in [1.82, 2.24) is 9.97 Å². The number of aromatic carboxylic acids is 1. The molecular formula is C11H15N3O2. The number of anilines is 1. The molecule has 1 heterocycles. The lowest BCUT2D eigenvalue weighted by Crippen LogP contribution is -2.08. The van der Waals surface area contributed by atoms with E-state index < -0.39 is 5.97 Å². The van der Waals surface area contributed by atoms with Gasteiger partial charge >= 0.3 is 5.97 Å². The van der Waals surface area contributed by atoms with Crippen molar-refractivity contribution in [1.29, 1.82) is 0 Å². The molecule has 0 aliphatic heterocycles. The molecule has 0 spiro atoms. The van der Waals surface area contributed by atoms with Crippen LogP contribution < -0.4 is 5.32 Å². The molecule has 0 aromatic carbocycles. The minimum Gasteiger partial charge on any atom is -0.477 e. The maximum atomic E-state index is 10.8. The van der Waals surface area contributed by atoms with Crippen LogP contribution in [-0.2, 0) is 0 Å². The van der Waals surface area contributed by atoms with E-state index in [1.807, 2.05) is 19.9 Å². The molecule has 1 aromatic rings. The van der Waals surface area contributed by atoms with Gasteiger partial charge in [0.15, 0.2) is 5.69 Å². The lowest BCUT2D eigenvalue weighted by atomic mass is 10.3. The SMILES string of the molecule is CC=C(CC)Nc1nc(C)cc(C(=O)O)n1. The first-order valence-electron chi connectivity index (χ1n) is 5.08. The summed E-state index contributed by atoms with van der Waals surface area (Å²) in [7, 11) is 0. The lowest BCUT2D eigenvalue weighted by Gasteiger charge is -2.08. The Hall–Kier alpha value is -1.91. The first-order chi connectivity index (χ1) is 7.56. The Bertz CT molecular complexity index is 427. The van der Waals surface area contributed by atoms with Gasteiger partial charge in [0.1, 0.15) is 0 Å². The van der Waals surface area contributed by atoms with Crippen molar-refractivity contribution in [3.05, 3.63) is 29.2 Å². The second kappa shape index (κ2) is 5.25. The molecule has 0 unspecified atom stereocenters. The third kappa shape index (κ3) is 3.05. The molecule has 0 saturated carbocycles. The molecule has 5 heteroatoms. The van der Waals surface area contributed by atoms with Crippen molar-refractivity contribution in [2.24, 2.45) is 0 Å². The summed E-state index contributed by atoms with van der Waals surface area (Å²) in [6, 6.07) is 1.44. The minimum absolute atomic E-state index is 0.00144. The van der Waals surface area contributed by atoms with E-state index in [4.69, 9.17) is 5.11 Å². The first-order valence-corrected chi connectivity index (χ1v) is 5.08. The molecular weight excluding hydrogens is 206 g/mol. The van der Waals surface area contributed by atoms with Crippen LogP contribution in [0, 0.1) is 6.92 Å². The molecule has 0 fully saturated rings. The molecule has 1 rings (SSSR count). The van der Waals surface area contributed by atoms with Crippen LogP contribution in [0.25, 0.3) is 0 Å². The molecule has 86 valence electrons. The van der Waals surface area contributed by atoms with Crippen LogP contribution in [0.5, 0.6) is 0 Å². The first kappa shape index (κ1) is 12.2. The normalized spacial score (nSPS) is 11.3. The molecule has 0 saturated heterocycles. The molecule has 2 N–H and O–H groups in total. The quantitative estimate of drug-likeness (QED) is 0.815. The molecule has 0 aliphatic rings. The summed E-state index contributed by atoms with van der Waals surface area (Å²) in [6.07, 6.45) is 2.72. The zero-order valence-corrected chi connectivity index (χ0v) is 9.61. The third-order valence-electron chi connectivity index (χ3n) is 2.08. The average Bonchev–Trinajstić information content (AvgIpc) is 2.25. The van der Waals surface area contributed by atoms with Crippen molar-refractivity contribution in [2.45, 2.75) is 27.2 Å². The van der Waals surface area contributed by atoms with Gasteiger partial charge < -0.3 is 10.4 Å². The number of aromatic nitrogens is 2. The number of nitrogens with zero attached hydrogens (tertiary/aromatic N) is 2. The largest absolute Gasteiger partial charge is 0.477 e. The Labute approximate surface area is 94.2 Å². The van der Waals surface area contributed by atoms with Gasteiger partial charge in [0.2, 0.25) is 5.95 Å². The summed E-state index contributed by atoms with van der Waals surface area (Å²) >= 11 is 0. The zero-order valence-electron chi connectivity index (χ0n) is 9.61. The van der Waals surface area contributed by atoms with Gasteiger partial charge in [-0.1, -0.05) is 13.0 Å². The summed E-state index contributed by atoms with van der Waals surface area (Å²) in [5.74, 6) is -0.723. The summed E-state index contributed by atoms with van der Waals surface area (Å²) in [4.78, 5) is 18.8. The van der Waals surface area contributed by atoms with Crippen LogP contribution in [0.1, 0.15) is 36.5 Å². The third-order valence-corrected chi connectivity index (χ3v) is 2.08. The van der Waals surface area contributed by atoms with Crippen LogP contribution in [0.3, 0.4) is 0 Å². The van der Waals surface area contributed by atoms with Crippen molar-refractivity contribution in [2.75, 3.05) is 5.32 Å². The Kier molecular flexibility index (Phi) is 3.99. The molecule has 0 amide bonds. The smallest absolute Gasteiger partial charge is 0.354 e. The lowest BCUT2D eigenvalue weighted by molar-refractivity contribution is 0.0690. The molecule has 5 nitrogen and oxygen atoms in total. The standard InChI is InChI=1S/C11H15N3O2/c1-4-8(5-2)13-11-12-7(3)6-9(14-11)10(15)16/h4,6H,5H2,1-3H3,(H,15,16)(H,12,13,14). The van der Waals surface area contributed by atoms with Gasteiger partial charge in [-0.25, -0.2) is 14.8 Å². The number of allylic oxidation sites excluding steroid dienone is 2. The van der Waals surface area contributed by atoms with Gasteiger partial charge in [0.05, 0.1) is 0 Å². The Balaban J connectivity index is 3.01. The highest BCUT2D eigenvalue weighted by Crippen LogP contribution is 2.09. The van der Waals surface area contributed by atoms with Crippen molar-refractivity contribution in [3.63, 3.8) is 0 Å². The van der Waals surface area contributed by atoms with Gasteiger partial charge in [-0.3, -0.25) is 0 Å². The van der Waals surface area contributed by atoms with E-state index in [9.17, 15) is 4.79 Å². The Morgan fingerprint density at radius 1 is 1.56 bits per heavy atom. The van der Waals surface area contributed by atoms with Crippen molar-refractivity contribution in [3.8, 4) is 0 Å². The van der Waals surface area contributed by atoms with Crippen LogP contribution in [0.15, 0.2) is 17.8 Å².